The predicted octanol–water partition coefficient (Wildman–Crippen LogP) is 8.62. The maximum absolute atomic E-state index is 5.76. The number of pyridine rings is 1. The first-order valence-electron chi connectivity index (χ1n) is 10.6. The van der Waals surface area contributed by atoms with E-state index in [0.717, 1.165) is 11.3 Å². The largest absolute Gasteiger partial charge is 0.464 e. The molecule has 6 aromatic rings. The van der Waals surface area contributed by atoms with Crippen LogP contribution in [-0.2, 0) is 5.41 Å². The lowest BCUT2D eigenvalue weighted by atomic mass is 9.82. The number of furan rings is 1. The number of hydrogen-bond acceptors (Lipinski definition) is 3. The van der Waals surface area contributed by atoms with E-state index in [-0.39, 0.29) is 5.41 Å². The van der Waals surface area contributed by atoms with E-state index >= 15 is 0 Å². The summed E-state index contributed by atoms with van der Waals surface area (Å²) in [7, 11) is 0. The fourth-order valence-electron chi connectivity index (χ4n) is 4.66. The third-order valence-electron chi connectivity index (χ3n) is 6.21. The maximum atomic E-state index is 5.76. The smallest absolute Gasteiger partial charge is 0.135 e. The molecule has 0 fully saturated rings. The molecule has 0 aliphatic heterocycles. The van der Waals surface area contributed by atoms with Crippen LogP contribution in [0.3, 0.4) is 0 Å². The number of aryl methyl sites for hydroxylation is 1. The number of benzene rings is 3. The molecule has 0 saturated carbocycles. The molecule has 152 valence electrons. The molecule has 3 aromatic carbocycles. The Labute approximate surface area is 185 Å². The molecule has 3 aromatic heterocycles. The van der Waals surface area contributed by atoms with Crippen LogP contribution in [0.2, 0.25) is 0 Å². The topological polar surface area (TPSA) is 26.0 Å². The van der Waals surface area contributed by atoms with Crippen molar-refractivity contribution < 1.29 is 4.42 Å². The lowest BCUT2D eigenvalue weighted by Crippen LogP contribution is -2.12. The van der Waals surface area contributed by atoms with Crippen LogP contribution in [-0.4, -0.2) is 4.98 Å². The van der Waals surface area contributed by atoms with E-state index in [9.17, 15) is 0 Å². The zero-order chi connectivity index (χ0) is 21.3. The highest BCUT2D eigenvalue weighted by Gasteiger charge is 2.20. The van der Waals surface area contributed by atoms with Crippen molar-refractivity contribution in [1.82, 2.24) is 4.98 Å². The minimum absolute atomic E-state index is 0.0420. The second kappa shape index (κ2) is 6.41. The molecule has 0 amide bonds. The van der Waals surface area contributed by atoms with Crippen molar-refractivity contribution in [2.24, 2.45) is 0 Å². The van der Waals surface area contributed by atoms with Gasteiger partial charge in [0.25, 0.3) is 0 Å². The standard InChI is InChI=1S/C28H23NOS/c1-16-15-30-23-14-25-21(13-20(16)23)26-24(31-25)9-10-29-27(26)18-11-17-7-5-6-8-19(17)22(12-18)28(2,3)4/h5-15H,1-4H3. The van der Waals surface area contributed by atoms with Crippen molar-refractivity contribution in [2.75, 3.05) is 0 Å². The van der Waals surface area contributed by atoms with E-state index < -0.39 is 0 Å². The van der Waals surface area contributed by atoms with E-state index in [1.54, 1.807) is 0 Å². The van der Waals surface area contributed by atoms with Crippen molar-refractivity contribution in [2.45, 2.75) is 33.1 Å². The highest BCUT2D eigenvalue weighted by Crippen LogP contribution is 2.43. The maximum Gasteiger partial charge on any atom is 0.135 e. The normalized spacial score (nSPS) is 12.5. The summed E-state index contributed by atoms with van der Waals surface area (Å²) < 4.78 is 8.26. The van der Waals surface area contributed by atoms with Crippen LogP contribution in [0.5, 0.6) is 0 Å². The van der Waals surface area contributed by atoms with Gasteiger partial charge in [0.1, 0.15) is 5.58 Å². The van der Waals surface area contributed by atoms with Crippen molar-refractivity contribution in [3.8, 4) is 11.3 Å². The molecule has 2 nitrogen and oxygen atoms in total. The molecule has 31 heavy (non-hydrogen) atoms. The summed E-state index contributed by atoms with van der Waals surface area (Å²) in [5.41, 5.74) is 5.75. The Morgan fingerprint density at radius 3 is 2.55 bits per heavy atom. The summed E-state index contributed by atoms with van der Waals surface area (Å²) in [6, 6.07) is 19.9. The molecule has 6 rings (SSSR count). The predicted molar refractivity (Wildman–Crippen MR) is 133 cm³/mol. The number of fused-ring (bicyclic) bond motifs is 5. The van der Waals surface area contributed by atoms with Crippen LogP contribution in [0.15, 0.2) is 71.5 Å². The molecule has 0 N–H and O–H groups in total. The average Bonchev–Trinajstić information content (AvgIpc) is 3.30. The van der Waals surface area contributed by atoms with Crippen molar-refractivity contribution >= 4 is 53.3 Å². The van der Waals surface area contributed by atoms with Gasteiger partial charge in [-0.15, -0.1) is 11.3 Å². The number of nitrogens with zero attached hydrogens (tertiary/aromatic N) is 1. The molecule has 0 bridgehead atoms. The Morgan fingerprint density at radius 2 is 1.71 bits per heavy atom. The van der Waals surface area contributed by atoms with Gasteiger partial charge in [-0.05, 0) is 64.6 Å². The summed E-state index contributed by atoms with van der Waals surface area (Å²) in [6.45, 7) is 8.95. The second-order valence-electron chi connectivity index (χ2n) is 9.39. The Morgan fingerprint density at radius 1 is 0.871 bits per heavy atom. The minimum atomic E-state index is 0.0420. The van der Waals surface area contributed by atoms with Gasteiger partial charge in [-0.3, -0.25) is 4.98 Å². The number of rotatable bonds is 1. The summed E-state index contributed by atoms with van der Waals surface area (Å²) in [5.74, 6) is 0. The van der Waals surface area contributed by atoms with Crippen LogP contribution in [0.1, 0.15) is 31.9 Å². The molecule has 0 atom stereocenters. The Bertz CT molecular complexity index is 1630. The van der Waals surface area contributed by atoms with Gasteiger partial charge >= 0.3 is 0 Å². The van der Waals surface area contributed by atoms with Crippen LogP contribution in [0, 0.1) is 6.92 Å². The van der Waals surface area contributed by atoms with Crippen molar-refractivity contribution in [3.05, 3.63) is 78.2 Å². The summed E-state index contributed by atoms with van der Waals surface area (Å²) >= 11 is 1.81. The molecule has 0 saturated heterocycles. The average molecular weight is 422 g/mol. The summed E-state index contributed by atoms with van der Waals surface area (Å²) in [5, 5.41) is 6.25. The molecule has 0 aliphatic carbocycles. The SMILES string of the molecule is Cc1coc2cc3sc4ccnc(-c5cc(C(C)(C)C)c6ccccc6c5)c4c3cc12. The zero-order valence-corrected chi connectivity index (χ0v) is 18.9. The van der Waals surface area contributed by atoms with E-state index in [1.165, 1.54) is 53.0 Å². The van der Waals surface area contributed by atoms with E-state index in [0.29, 0.717) is 0 Å². The molecule has 0 spiro atoms. The molecular weight excluding hydrogens is 398 g/mol. The highest BCUT2D eigenvalue weighted by molar-refractivity contribution is 7.26. The van der Waals surface area contributed by atoms with E-state index in [4.69, 9.17) is 9.40 Å². The van der Waals surface area contributed by atoms with Gasteiger partial charge in [0.2, 0.25) is 0 Å². The zero-order valence-electron chi connectivity index (χ0n) is 18.1. The molecule has 0 aliphatic rings. The fraction of sp³-hybridized carbons (Fsp3) is 0.179. The van der Waals surface area contributed by atoms with Gasteiger partial charge in [0, 0.05) is 37.3 Å². The van der Waals surface area contributed by atoms with Gasteiger partial charge in [0.05, 0.1) is 12.0 Å². The first kappa shape index (κ1) is 18.6. The van der Waals surface area contributed by atoms with Gasteiger partial charge < -0.3 is 4.42 Å². The van der Waals surface area contributed by atoms with E-state index in [2.05, 4.69) is 82.3 Å². The summed E-state index contributed by atoms with van der Waals surface area (Å²) in [4.78, 5) is 4.90. The molecule has 3 heterocycles. The first-order valence-corrected chi connectivity index (χ1v) is 11.4. The van der Waals surface area contributed by atoms with Crippen LogP contribution in [0.25, 0.3) is 53.2 Å². The Hall–Kier alpha value is -3.17. The lowest BCUT2D eigenvalue weighted by molar-refractivity contribution is 0.596. The van der Waals surface area contributed by atoms with E-state index in [1.807, 2.05) is 23.8 Å². The highest BCUT2D eigenvalue weighted by atomic mass is 32.1. The second-order valence-corrected chi connectivity index (χ2v) is 10.5. The van der Waals surface area contributed by atoms with Crippen LogP contribution >= 0.6 is 11.3 Å². The first-order chi connectivity index (χ1) is 14.9. The number of hydrogen-bond donors (Lipinski definition) is 0. The molecular formula is C28H23NOS. The van der Waals surface area contributed by atoms with Crippen LogP contribution < -0.4 is 0 Å². The third kappa shape index (κ3) is 2.80. The van der Waals surface area contributed by atoms with Crippen molar-refractivity contribution in [1.29, 1.82) is 0 Å². The number of aromatic nitrogens is 1. The summed E-state index contributed by atoms with van der Waals surface area (Å²) in [6.07, 6.45) is 3.78. The Kier molecular flexibility index (Phi) is 3.85. The third-order valence-corrected chi connectivity index (χ3v) is 7.33. The van der Waals surface area contributed by atoms with Gasteiger partial charge in [-0.25, -0.2) is 0 Å². The van der Waals surface area contributed by atoms with Gasteiger partial charge in [-0.2, -0.15) is 0 Å². The molecule has 3 heteroatoms. The fourth-order valence-corrected chi connectivity index (χ4v) is 5.77. The van der Waals surface area contributed by atoms with Gasteiger partial charge in [0.15, 0.2) is 0 Å². The quantitative estimate of drug-likeness (QED) is 0.265. The molecule has 0 unspecified atom stereocenters. The number of thiophene rings is 1. The minimum Gasteiger partial charge on any atom is -0.464 e. The van der Waals surface area contributed by atoms with Crippen LogP contribution in [0.4, 0.5) is 0 Å². The lowest BCUT2D eigenvalue weighted by Gasteiger charge is -2.23. The molecule has 0 radical (unpaired) electrons. The Balaban J connectivity index is 1.72. The van der Waals surface area contributed by atoms with Crippen molar-refractivity contribution in [3.63, 3.8) is 0 Å². The van der Waals surface area contributed by atoms with Gasteiger partial charge in [-0.1, -0.05) is 45.0 Å². The monoisotopic (exact) mass is 421 g/mol.